The van der Waals surface area contributed by atoms with Gasteiger partial charge in [0.2, 0.25) is 17.7 Å². The van der Waals surface area contributed by atoms with Gasteiger partial charge >= 0.3 is 11.9 Å². The molecule has 1 aromatic carbocycles. The van der Waals surface area contributed by atoms with Crippen molar-refractivity contribution in [2.45, 2.75) is 76.5 Å². The minimum atomic E-state index is -1.29. The van der Waals surface area contributed by atoms with Crippen LogP contribution in [0.25, 0.3) is 0 Å². The van der Waals surface area contributed by atoms with Crippen molar-refractivity contribution >= 4 is 29.7 Å². The maximum absolute atomic E-state index is 13.1. The molecule has 0 saturated carbocycles. The molecule has 4 unspecified atom stereocenters. The van der Waals surface area contributed by atoms with Crippen LogP contribution < -0.4 is 21.3 Å². The predicted molar refractivity (Wildman–Crippen MR) is 131 cm³/mol. The Morgan fingerprint density at radius 2 is 1.58 bits per heavy atom. The largest absolute Gasteiger partial charge is 0.481 e. The van der Waals surface area contributed by atoms with Crippen molar-refractivity contribution in [3.63, 3.8) is 0 Å². The molecule has 1 saturated heterocycles. The van der Waals surface area contributed by atoms with Gasteiger partial charge in [0, 0.05) is 12.8 Å². The molecule has 1 aliphatic rings. The summed E-state index contributed by atoms with van der Waals surface area (Å²) in [7, 11) is 0. The van der Waals surface area contributed by atoms with Gasteiger partial charge in [-0.2, -0.15) is 0 Å². The number of aliphatic carboxylic acids is 2. The van der Waals surface area contributed by atoms with Crippen molar-refractivity contribution in [2.24, 2.45) is 5.92 Å². The van der Waals surface area contributed by atoms with Gasteiger partial charge in [0.1, 0.15) is 18.1 Å². The molecule has 11 nitrogen and oxygen atoms in total. The molecule has 0 aromatic heterocycles. The first-order chi connectivity index (χ1) is 17.1. The van der Waals surface area contributed by atoms with Crippen LogP contribution in [0.1, 0.15) is 51.5 Å². The second kappa shape index (κ2) is 14.2. The van der Waals surface area contributed by atoms with Crippen molar-refractivity contribution in [2.75, 3.05) is 6.54 Å². The number of carbonyl (C=O) groups is 5. The fourth-order valence-electron chi connectivity index (χ4n) is 4.01. The van der Waals surface area contributed by atoms with Gasteiger partial charge in [-0.05, 0) is 43.7 Å². The van der Waals surface area contributed by atoms with Crippen molar-refractivity contribution in [1.82, 2.24) is 21.3 Å². The second-order valence-corrected chi connectivity index (χ2v) is 9.42. The van der Waals surface area contributed by atoms with Gasteiger partial charge in [-0.25, -0.2) is 4.79 Å². The molecule has 36 heavy (non-hydrogen) atoms. The van der Waals surface area contributed by atoms with Crippen LogP contribution in [0.3, 0.4) is 0 Å². The lowest BCUT2D eigenvalue weighted by Crippen LogP contribution is -2.57. The number of hydrogen-bond acceptors (Lipinski definition) is 6. The number of carbonyl (C=O) groups excluding carboxylic acids is 3. The maximum atomic E-state index is 13.1. The molecule has 0 aliphatic carbocycles. The third-order valence-electron chi connectivity index (χ3n) is 5.89. The zero-order valence-corrected chi connectivity index (χ0v) is 20.7. The highest BCUT2D eigenvalue weighted by Gasteiger charge is 2.32. The molecule has 11 heteroatoms. The highest BCUT2D eigenvalue weighted by atomic mass is 16.4. The van der Waals surface area contributed by atoms with Crippen molar-refractivity contribution in [3.05, 3.63) is 35.9 Å². The quantitative estimate of drug-likeness (QED) is 0.211. The van der Waals surface area contributed by atoms with E-state index in [0.717, 1.165) is 6.42 Å². The molecular formula is C25H36N4O7. The Morgan fingerprint density at radius 3 is 2.14 bits per heavy atom. The van der Waals surface area contributed by atoms with Crippen LogP contribution in [-0.2, 0) is 30.4 Å². The van der Waals surface area contributed by atoms with Gasteiger partial charge in [0.05, 0.1) is 6.04 Å². The number of carboxylic acid groups (broad SMARTS) is 2. The summed E-state index contributed by atoms with van der Waals surface area (Å²) >= 11 is 0. The van der Waals surface area contributed by atoms with Gasteiger partial charge in [-0.1, -0.05) is 44.2 Å². The zero-order chi connectivity index (χ0) is 26.7. The maximum Gasteiger partial charge on any atom is 0.326 e. The molecule has 198 valence electrons. The average Bonchev–Trinajstić information content (AvgIpc) is 3.36. The third kappa shape index (κ3) is 9.65. The molecule has 1 aromatic rings. The Labute approximate surface area is 210 Å². The van der Waals surface area contributed by atoms with Gasteiger partial charge in [-0.15, -0.1) is 0 Å². The second-order valence-electron chi connectivity index (χ2n) is 9.42. The normalized spacial score (nSPS) is 17.6. The number of nitrogens with one attached hydrogen (secondary N) is 4. The Morgan fingerprint density at radius 1 is 0.944 bits per heavy atom. The molecule has 1 fully saturated rings. The van der Waals surface area contributed by atoms with Crippen molar-refractivity contribution < 1.29 is 34.2 Å². The lowest BCUT2D eigenvalue weighted by atomic mass is 10.0. The van der Waals surface area contributed by atoms with E-state index in [0.29, 0.717) is 24.9 Å². The summed E-state index contributed by atoms with van der Waals surface area (Å²) in [5.74, 6) is -4.12. The number of amides is 3. The fourth-order valence-corrected chi connectivity index (χ4v) is 4.01. The van der Waals surface area contributed by atoms with E-state index < -0.39 is 54.3 Å². The van der Waals surface area contributed by atoms with Crippen LogP contribution in [0.15, 0.2) is 30.3 Å². The van der Waals surface area contributed by atoms with Gasteiger partial charge in [0.25, 0.3) is 0 Å². The third-order valence-corrected chi connectivity index (χ3v) is 5.89. The summed E-state index contributed by atoms with van der Waals surface area (Å²) in [6.45, 7) is 4.48. The molecule has 1 heterocycles. The summed E-state index contributed by atoms with van der Waals surface area (Å²) < 4.78 is 0. The van der Waals surface area contributed by atoms with Gasteiger partial charge < -0.3 is 31.5 Å². The molecule has 0 spiro atoms. The number of carboxylic acids is 2. The minimum absolute atomic E-state index is 0.0158. The van der Waals surface area contributed by atoms with Crippen LogP contribution in [0.5, 0.6) is 0 Å². The van der Waals surface area contributed by atoms with Crippen LogP contribution in [0.4, 0.5) is 0 Å². The molecule has 6 N–H and O–H groups in total. The van der Waals surface area contributed by atoms with E-state index in [1.54, 1.807) is 30.3 Å². The summed E-state index contributed by atoms with van der Waals surface area (Å²) in [5.41, 5.74) is 0.691. The van der Waals surface area contributed by atoms with Crippen LogP contribution in [-0.4, -0.2) is 70.6 Å². The predicted octanol–water partition coefficient (Wildman–Crippen LogP) is 0.431. The Kier molecular flexibility index (Phi) is 11.3. The van der Waals surface area contributed by atoms with E-state index in [1.807, 2.05) is 13.8 Å². The monoisotopic (exact) mass is 504 g/mol. The standard InChI is InChI=1S/C25H36N4O7/c1-15(2)13-19(28-22(32)17-9-6-12-26-17)24(34)27-18(10-11-21(30)31)23(33)29-20(25(35)36)14-16-7-4-3-5-8-16/h3-5,7-8,15,17-20,26H,6,9-14H2,1-2H3,(H,27,34)(H,28,32)(H,29,33)(H,30,31)(H,35,36). The first-order valence-electron chi connectivity index (χ1n) is 12.2. The molecule has 4 atom stereocenters. The van der Waals surface area contributed by atoms with Crippen molar-refractivity contribution in [1.29, 1.82) is 0 Å². The average molecular weight is 505 g/mol. The molecule has 0 bridgehead atoms. The van der Waals surface area contributed by atoms with Crippen LogP contribution in [0, 0.1) is 5.92 Å². The summed E-state index contributed by atoms with van der Waals surface area (Å²) in [6.07, 6.45) is 1.18. The van der Waals surface area contributed by atoms with E-state index in [9.17, 15) is 29.1 Å². The first-order valence-corrected chi connectivity index (χ1v) is 12.2. The van der Waals surface area contributed by atoms with E-state index in [4.69, 9.17) is 5.11 Å². The molecule has 0 radical (unpaired) electrons. The van der Waals surface area contributed by atoms with E-state index in [1.165, 1.54) is 0 Å². The molecule has 2 rings (SSSR count). The zero-order valence-electron chi connectivity index (χ0n) is 20.7. The SMILES string of the molecule is CC(C)CC(NC(=O)C1CCCN1)C(=O)NC(CCC(=O)O)C(=O)NC(Cc1ccccc1)C(=O)O. The lowest BCUT2D eigenvalue weighted by Gasteiger charge is -2.26. The Bertz CT molecular complexity index is 916. The fraction of sp³-hybridized carbons (Fsp3) is 0.560. The summed E-state index contributed by atoms with van der Waals surface area (Å²) in [4.78, 5) is 61.6. The molecular weight excluding hydrogens is 468 g/mol. The Hall–Kier alpha value is -3.47. The summed E-state index contributed by atoms with van der Waals surface area (Å²) in [5, 5.41) is 29.5. The Balaban J connectivity index is 2.13. The lowest BCUT2D eigenvalue weighted by molar-refractivity contribution is -0.143. The smallest absolute Gasteiger partial charge is 0.326 e. The van der Waals surface area contributed by atoms with Crippen LogP contribution in [0.2, 0.25) is 0 Å². The number of rotatable bonds is 14. The first kappa shape index (κ1) is 28.8. The topological polar surface area (TPSA) is 174 Å². The summed E-state index contributed by atoms with van der Waals surface area (Å²) in [6, 6.07) is 4.84. The van der Waals surface area contributed by atoms with Crippen molar-refractivity contribution in [3.8, 4) is 0 Å². The minimum Gasteiger partial charge on any atom is -0.481 e. The highest BCUT2D eigenvalue weighted by Crippen LogP contribution is 2.11. The van der Waals surface area contributed by atoms with Gasteiger partial charge in [0.15, 0.2) is 0 Å². The highest BCUT2D eigenvalue weighted by molar-refractivity contribution is 5.94. The van der Waals surface area contributed by atoms with Crippen LogP contribution >= 0.6 is 0 Å². The van der Waals surface area contributed by atoms with E-state index in [2.05, 4.69) is 21.3 Å². The molecule has 1 aliphatic heterocycles. The van der Waals surface area contributed by atoms with E-state index >= 15 is 0 Å². The number of hydrogen-bond donors (Lipinski definition) is 6. The molecule has 3 amide bonds. The number of benzene rings is 1. The van der Waals surface area contributed by atoms with Gasteiger partial charge in [-0.3, -0.25) is 19.2 Å². The van der Waals surface area contributed by atoms with E-state index in [-0.39, 0.29) is 24.7 Å².